The Balaban J connectivity index is 1.72. The maximum atomic E-state index is 13.4. The van der Waals surface area contributed by atoms with E-state index in [-0.39, 0.29) is 21.8 Å². The van der Waals surface area contributed by atoms with E-state index in [0.717, 1.165) is 44.8 Å². The number of rotatable bonds is 4. The Bertz CT molecular complexity index is 1080. The van der Waals surface area contributed by atoms with E-state index in [9.17, 15) is 26.4 Å². The lowest BCUT2D eigenvalue weighted by Crippen LogP contribution is -2.42. The Morgan fingerprint density at radius 3 is 2.48 bits per heavy atom. The average molecular weight is 429 g/mol. The molecule has 4 rings (SSSR count). The molecule has 10 heteroatoms. The molecule has 0 amide bonds. The van der Waals surface area contributed by atoms with Gasteiger partial charge in [0.15, 0.2) is 0 Å². The number of aromatic amines is 1. The van der Waals surface area contributed by atoms with Gasteiger partial charge in [-0.15, -0.1) is 0 Å². The van der Waals surface area contributed by atoms with Crippen LogP contribution < -0.4 is 5.56 Å². The molecule has 6 nitrogen and oxygen atoms in total. The molecular weight excluding hydrogens is 407 g/mol. The van der Waals surface area contributed by atoms with Gasteiger partial charge in [-0.05, 0) is 57.0 Å². The summed E-state index contributed by atoms with van der Waals surface area (Å²) in [5.74, 6) is 0. The zero-order valence-corrected chi connectivity index (χ0v) is 16.5. The molecule has 29 heavy (non-hydrogen) atoms. The van der Waals surface area contributed by atoms with E-state index in [1.165, 1.54) is 16.4 Å². The fourth-order valence-corrected chi connectivity index (χ4v) is 6.05. The Morgan fingerprint density at radius 1 is 1.07 bits per heavy atom. The number of pyridine rings is 1. The first-order chi connectivity index (χ1) is 13.7. The van der Waals surface area contributed by atoms with Crippen molar-refractivity contribution in [2.45, 2.75) is 42.8 Å². The lowest BCUT2D eigenvalue weighted by Gasteiger charge is -2.28. The van der Waals surface area contributed by atoms with E-state index >= 15 is 0 Å². The maximum Gasteiger partial charge on any atom is 0.417 e. The molecule has 2 aliphatic heterocycles. The predicted molar refractivity (Wildman–Crippen MR) is 102 cm³/mol. The van der Waals surface area contributed by atoms with Crippen molar-refractivity contribution in [2.24, 2.45) is 0 Å². The van der Waals surface area contributed by atoms with Gasteiger partial charge in [0.2, 0.25) is 15.6 Å². The van der Waals surface area contributed by atoms with Crippen LogP contribution >= 0.6 is 0 Å². The maximum absolute atomic E-state index is 13.4. The lowest BCUT2D eigenvalue weighted by atomic mass is 10.1. The second kappa shape index (κ2) is 7.41. The van der Waals surface area contributed by atoms with Gasteiger partial charge in [-0.25, -0.2) is 8.42 Å². The monoisotopic (exact) mass is 429 g/mol. The molecule has 0 aliphatic carbocycles. The van der Waals surface area contributed by atoms with Crippen molar-refractivity contribution in [3.05, 3.63) is 40.2 Å². The molecule has 1 N–H and O–H groups in total. The summed E-state index contributed by atoms with van der Waals surface area (Å²) in [6.45, 7) is 2.90. The molecule has 3 heterocycles. The van der Waals surface area contributed by atoms with E-state index in [0.29, 0.717) is 19.2 Å². The van der Waals surface area contributed by atoms with Crippen molar-refractivity contribution in [1.29, 1.82) is 0 Å². The highest BCUT2D eigenvalue weighted by Crippen LogP contribution is 2.35. The molecule has 0 bridgehead atoms. The number of benzene rings is 1. The van der Waals surface area contributed by atoms with Crippen LogP contribution in [0.1, 0.15) is 31.2 Å². The second-order valence-electron chi connectivity index (χ2n) is 7.67. The van der Waals surface area contributed by atoms with Crippen LogP contribution in [0, 0.1) is 0 Å². The summed E-state index contributed by atoms with van der Waals surface area (Å²) in [5.41, 5.74) is -2.06. The molecule has 0 spiro atoms. The number of sulfonamides is 1. The number of H-pyrrole nitrogens is 1. The van der Waals surface area contributed by atoms with Crippen LogP contribution in [0.4, 0.5) is 13.2 Å². The summed E-state index contributed by atoms with van der Waals surface area (Å²) in [4.78, 5) is 16.0. The number of alkyl halides is 3. The topological polar surface area (TPSA) is 73.5 Å². The highest BCUT2D eigenvalue weighted by molar-refractivity contribution is 7.89. The van der Waals surface area contributed by atoms with Gasteiger partial charge in [-0.1, -0.05) is 0 Å². The molecule has 158 valence electrons. The van der Waals surface area contributed by atoms with Gasteiger partial charge >= 0.3 is 6.18 Å². The van der Waals surface area contributed by atoms with E-state index in [1.54, 1.807) is 0 Å². The number of nitrogens with one attached hydrogen (secondary N) is 1. The highest BCUT2D eigenvalue weighted by atomic mass is 32.2. The van der Waals surface area contributed by atoms with E-state index < -0.39 is 27.3 Å². The molecule has 1 atom stereocenters. The Hall–Kier alpha value is -1.91. The first-order valence-corrected chi connectivity index (χ1v) is 11.1. The van der Waals surface area contributed by atoms with Gasteiger partial charge in [0, 0.05) is 36.1 Å². The van der Waals surface area contributed by atoms with Crippen molar-refractivity contribution < 1.29 is 21.6 Å². The summed E-state index contributed by atoms with van der Waals surface area (Å²) in [6, 6.07) is 3.80. The van der Waals surface area contributed by atoms with Gasteiger partial charge in [0.1, 0.15) is 0 Å². The minimum atomic E-state index is -4.76. The Labute approximate surface area is 166 Å². The molecule has 1 aromatic heterocycles. The molecule has 0 saturated carbocycles. The lowest BCUT2D eigenvalue weighted by molar-refractivity contribution is -0.136. The van der Waals surface area contributed by atoms with Crippen LogP contribution in [0.2, 0.25) is 0 Å². The van der Waals surface area contributed by atoms with E-state index in [2.05, 4.69) is 9.88 Å². The van der Waals surface area contributed by atoms with Crippen LogP contribution in [0.5, 0.6) is 0 Å². The van der Waals surface area contributed by atoms with Gasteiger partial charge in [0.25, 0.3) is 0 Å². The second-order valence-corrected chi connectivity index (χ2v) is 9.56. The first kappa shape index (κ1) is 20.4. The number of likely N-dealkylation sites (tertiary alicyclic amines) is 1. The summed E-state index contributed by atoms with van der Waals surface area (Å²) in [7, 11) is -3.95. The van der Waals surface area contributed by atoms with Gasteiger partial charge in [-0.2, -0.15) is 17.5 Å². The zero-order chi connectivity index (χ0) is 20.8. The number of nitrogens with zero attached hydrogens (tertiary/aromatic N) is 2. The van der Waals surface area contributed by atoms with Gasteiger partial charge in [-0.3, -0.25) is 4.79 Å². The summed E-state index contributed by atoms with van der Waals surface area (Å²) in [5, 5.41) is -0.325. The highest BCUT2D eigenvalue weighted by Gasteiger charge is 2.38. The van der Waals surface area contributed by atoms with Crippen molar-refractivity contribution >= 4 is 20.9 Å². The third-order valence-electron chi connectivity index (χ3n) is 5.72. The molecule has 1 aromatic carbocycles. The molecule has 0 radical (unpaired) electrons. The SMILES string of the molecule is O=c1cc(C(F)(F)F)c2cc(S(=O)(=O)N3CCCC3CN3CCCC3)ccc2[nH]1. The molecule has 2 aliphatic rings. The molecule has 1 unspecified atom stereocenters. The minimum Gasteiger partial charge on any atom is -0.322 e. The first-order valence-electron chi connectivity index (χ1n) is 9.65. The van der Waals surface area contributed by atoms with Crippen molar-refractivity contribution in [2.75, 3.05) is 26.2 Å². The van der Waals surface area contributed by atoms with Crippen molar-refractivity contribution in [3.8, 4) is 0 Å². The average Bonchev–Trinajstić information content (AvgIpc) is 3.32. The van der Waals surface area contributed by atoms with Crippen molar-refractivity contribution in [3.63, 3.8) is 0 Å². The largest absolute Gasteiger partial charge is 0.417 e. The number of halogens is 3. The molecular formula is C19H22F3N3O3S. The van der Waals surface area contributed by atoms with Crippen LogP contribution in [0.3, 0.4) is 0 Å². The summed E-state index contributed by atoms with van der Waals surface area (Å²) < 4.78 is 68.1. The van der Waals surface area contributed by atoms with Crippen LogP contribution in [0.25, 0.3) is 10.9 Å². The number of aromatic nitrogens is 1. The fraction of sp³-hybridized carbons (Fsp3) is 0.526. The van der Waals surface area contributed by atoms with E-state index in [4.69, 9.17) is 0 Å². The van der Waals surface area contributed by atoms with Gasteiger partial charge < -0.3 is 9.88 Å². The van der Waals surface area contributed by atoms with Crippen molar-refractivity contribution in [1.82, 2.24) is 14.2 Å². The summed E-state index contributed by atoms with van der Waals surface area (Å²) >= 11 is 0. The minimum absolute atomic E-state index is 0.0428. The zero-order valence-electron chi connectivity index (χ0n) is 15.7. The van der Waals surface area contributed by atoms with E-state index in [1.807, 2.05) is 0 Å². The predicted octanol–water partition coefficient (Wildman–Crippen LogP) is 2.80. The number of hydrogen-bond acceptors (Lipinski definition) is 4. The van der Waals surface area contributed by atoms with Crippen LogP contribution in [0.15, 0.2) is 34.0 Å². The smallest absolute Gasteiger partial charge is 0.322 e. The quantitative estimate of drug-likeness (QED) is 0.811. The molecule has 2 fully saturated rings. The normalized spacial score (nSPS) is 22.0. The fourth-order valence-electron chi connectivity index (χ4n) is 4.33. The third-order valence-corrected chi connectivity index (χ3v) is 7.67. The molecule has 2 aromatic rings. The number of hydrogen-bond donors (Lipinski definition) is 1. The number of fused-ring (bicyclic) bond motifs is 1. The Kier molecular flexibility index (Phi) is 5.20. The Morgan fingerprint density at radius 2 is 1.79 bits per heavy atom. The van der Waals surface area contributed by atoms with Crippen LogP contribution in [-0.4, -0.2) is 54.8 Å². The standard InChI is InChI=1S/C19H22F3N3O3S/c20-19(21,22)16-11-18(26)23-17-6-5-14(10-15(16)17)29(27,28)25-9-3-4-13(25)12-24-7-1-2-8-24/h5-6,10-11,13H,1-4,7-9,12H2,(H,23,26). The summed E-state index contributed by atoms with van der Waals surface area (Å²) in [6.07, 6.45) is -1.09. The van der Waals surface area contributed by atoms with Crippen LogP contribution in [-0.2, 0) is 16.2 Å². The molecule has 2 saturated heterocycles. The third kappa shape index (κ3) is 3.93. The van der Waals surface area contributed by atoms with Gasteiger partial charge in [0.05, 0.1) is 10.5 Å².